The second-order valence-corrected chi connectivity index (χ2v) is 10.0. The summed E-state index contributed by atoms with van der Waals surface area (Å²) < 4.78 is 11.1. The van der Waals surface area contributed by atoms with Crippen LogP contribution >= 0.6 is 0 Å². The number of Topliss-reactive ketones (excluding diaryl/α,β-unsaturated/α-hetero) is 1. The molecule has 7 nitrogen and oxygen atoms in total. The first-order valence-corrected chi connectivity index (χ1v) is 11.8. The number of hydrogen-bond acceptors (Lipinski definition) is 6. The van der Waals surface area contributed by atoms with Crippen molar-refractivity contribution >= 4 is 17.4 Å². The van der Waals surface area contributed by atoms with E-state index in [0.717, 1.165) is 5.56 Å². The molecule has 0 bridgehead atoms. The normalized spacial score (nSPS) is 17.9. The molecule has 2 N–H and O–H groups in total. The number of hydrogen-bond donors (Lipinski definition) is 2. The highest BCUT2D eigenvalue weighted by atomic mass is 16.5. The summed E-state index contributed by atoms with van der Waals surface area (Å²) in [5.41, 5.74) is 1.67. The predicted molar refractivity (Wildman–Crippen MR) is 135 cm³/mol. The smallest absolute Gasteiger partial charge is 0.295 e. The Labute approximate surface area is 207 Å². The number of nitrogens with zero attached hydrogens (tertiary/aromatic N) is 1. The topological polar surface area (TPSA) is 96.3 Å². The number of phenols is 1. The first-order chi connectivity index (χ1) is 16.5. The Morgan fingerprint density at radius 3 is 2.31 bits per heavy atom. The molecule has 0 aliphatic carbocycles. The molecule has 1 amide bonds. The zero-order valence-corrected chi connectivity index (χ0v) is 21.3. The minimum absolute atomic E-state index is 0.0236. The molecule has 7 heteroatoms. The highest BCUT2D eigenvalue weighted by Gasteiger charge is 2.45. The standard InChI is InChI=1S/C28H35NO6/c1-17(2)35-15-7-14-29-24(18-8-11-20(30)12-9-18)23(26(32)27(29)33)25(31)19-10-13-22(34-6)21(16-19)28(3,4)5/h8-13,16-17,24,30-31H,7,14-15H2,1-6H3/b25-23-. The number of amides is 1. The summed E-state index contributed by atoms with van der Waals surface area (Å²) in [7, 11) is 1.59. The van der Waals surface area contributed by atoms with E-state index in [-0.39, 0.29) is 35.1 Å². The van der Waals surface area contributed by atoms with Crippen molar-refractivity contribution in [3.8, 4) is 11.5 Å². The molecule has 0 spiro atoms. The van der Waals surface area contributed by atoms with Crippen LogP contribution in [0.25, 0.3) is 5.76 Å². The van der Waals surface area contributed by atoms with Gasteiger partial charge in [0.1, 0.15) is 17.3 Å². The summed E-state index contributed by atoms with van der Waals surface area (Å²) in [6.07, 6.45) is 0.599. The lowest BCUT2D eigenvalue weighted by Gasteiger charge is -2.26. The van der Waals surface area contributed by atoms with Gasteiger partial charge in [-0.3, -0.25) is 9.59 Å². The molecule has 1 fully saturated rings. The molecule has 1 aliphatic heterocycles. The monoisotopic (exact) mass is 481 g/mol. The van der Waals surface area contributed by atoms with E-state index in [1.807, 2.05) is 34.6 Å². The largest absolute Gasteiger partial charge is 0.508 e. The van der Waals surface area contributed by atoms with Gasteiger partial charge in [-0.1, -0.05) is 32.9 Å². The first kappa shape index (κ1) is 26.3. The number of rotatable bonds is 8. The predicted octanol–water partition coefficient (Wildman–Crippen LogP) is 4.94. The summed E-state index contributed by atoms with van der Waals surface area (Å²) in [5, 5.41) is 21.1. The van der Waals surface area contributed by atoms with Crippen molar-refractivity contribution in [2.24, 2.45) is 0 Å². The number of ether oxygens (including phenoxy) is 2. The molecule has 3 rings (SSSR count). The molecule has 0 radical (unpaired) electrons. The number of likely N-dealkylation sites (tertiary alicyclic amines) is 1. The Morgan fingerprint density at radius 2 is 1.74 bits per heavy atom. The van der Waals surface area contributed by atoms with Crippen molar-refractivity contribution in [3.05, 3.63) is 64.7 Å². The second kappa shape index (κ2) is 10.5. The molecule has 0 aromatic heterocycles. The van der Waals surface area contributed by atoms with Crippen LogP contribution in [0.5, 0.6) is 11.5 Å². The third-order valence-electron chi connectivity index (χ3n) is 6.02. The second-order valence-electron chi connectivity index (χ2n) is 10.0. The maximum absolute atomic E-state index is 13.2. The van der Waals surface area contributed by atoms with Gasteiger partial charge in [0.05, 0.1) is 24.8 Å². The number of aliphatic hydroxyl groups excluding tert-OH is 1. The Morgan fingerprint density at radius 1 is 1.09 bits per heavy atom. The van der Waals surface area contributed by atoms with E-state index in [1.165, 1.54) is 17.0 Å². The molecule has 2 aromatic carbocycles. The number of aromatic hydroxyl groups is 1. The van der Waals surface area contributed by atoms with Crippen molar-refractivity contribution < 1.29 is 29.3 Å². The van der Waals surface area contributed by atoms with Gasteiger partial charge in [0.2, 0.25) is 0 Å². The molecule has 1 heterocycles. The maximum atomic E-state index is 13.2. The van der Waals surface area contributed by atoms with Crippen LogP contribution in [0.3, 0.4) is 0 Å². The van der Waals surface area contributed by atoms with E-state index in [0.29, 0.717) is 29.9 Å². The summed E-state index contributed by atoms with van der Waals surface area (Å²) >= 11 is 0. The van der Waals surface area contributed by atoms with Crippen LogP contribution in [0, 0.1) is 0 Å². The van der Waals surface area contributed by atoms with E-state index < -0.39 is 17.7 Å². The molecule has 1 saturated heterocycles. The first-order valence-electron chi connectivity index (χ1n) is 11.8. The molecule has 1 aliphatic rings. The third kappa shape index (κ3) is 5.68. The lowest BCUT2D eigenvalue weighted by molar-refractivity contribution is -0.140. The van der Waals surface area contributed by atoms with Gasteiger partial charge >= 0.3 is 0 Å². The van der Waals surface area contributed by atoms with E-state index in [2.05, 4.69) is 0 Å². The number of phenolic OH excluding ortho intramolecular Hbond substituents is 1. The van der Waals surface area contributed by atoms with Crippen LogP contribution in [-0.2, 0) is 19.7 Å². The molecule has 1 atom stereocenters. The Bertz CT molecular complexity index is 1110. The highest BCUT2D eigenvalue weighted by Crippen LogP contribution is 2.41. The number of aliphatic hydroxyl groups is 1. The maximum Gasteiger partial charge on any atom is 0.295 e. The van der Waals surface area contributed by atoms with Crippen LogP contribution < -0.4 is 4.74 Å². The fourth-order valence-corrected chi connectivity index (χ4v) is 4.26. The highest BCUT2D eigenvalue weighted by molar-refractivity contribution is 6.46. The van der Waals surface area contributed by atoms with Crippen molar-refractivity contribution in [3.63, 3.8) is 0 Å². The fourth-order valence-electron chi connectivity index (χ4n) is 4.26. The van der Waals surface area contributed by atoms with E-state index in [4.69, 9.17) is 9.47 Å². The van der Waals surface area contributed by atoms with Crippen molar-refractivity contribution in [1.82, 2.24) is 4.90 Å². The minimum atomic E-state index is -0.783. The lowest BCUT2D eigenvalue weighted by Crippen LogP contribution is -2.31. The summed E-state index contributed by atoms with van der Waals surface area (Å²) in [6, 6.07) is 10.8. The van der Waals surface area contributed by atoms with Gasteiger partial charge in [0.25, 0.3) is 11.7 Å². The third-order valence-corrected chi connectivity index (χ3v) is 6.02. The number of carbonyl (C=O) groups excluding carboxylic acids is 2. The van der Waals surface area contributed by atoms with Crippen LogP contribution in [0.1, 0.15) is 63.8 Å². The zero-order chi connectivity index (χ0) is 25.9. The van der Waals surface area contributed by atoms with Crippen LogP contribution in [0.4, 0.5) is 0 Å². The molecule has 35 heavy (non-hydrogen) atoms. The Kier molecular flexibility index (Phi) is 7.90. The van der Waals surface area contributed by atoms with Gasteiger partial charge < -0.3 is 24.6 Å². The number of carbonyl (C=O) groups is 2. The number of methoxy groups -OCH3 is 1. The number of ketones is 1. The van der Waals surface area contributed by atoms with E-state index >= 15 is 0 Å². The number of benzene rings is 2. The average Bonchev–Trinajstić information content (AvgIpc) is 3.05. The summed E-state index contributed by atoms with van der Waals surface area (Å²) in [5.74, 6) is -0.900. The van der Waals surface area contributed by atoms with Gasteiger partial charge in [0, 0.05) is 24.3 Å². The van der Waals surface area contributed by atoms with Crippen LogP contribution in [0.15, 0.2) is 48.0 Å². The molecule has 188 valence electrons. The summed E-state index contributed by atoms with van der Waals surface area (Å²) in [4.78, 5) is 27.8. The Balaban J connectivity index is 2.11. The van der Waals surface area contributed by atoms with Crippen molar-refractivity contribution in [2.45, 2.75) is 58.6 Å². The SMILES string of the molecule is COc1ccc(/C(O)=C2/C(=O)C(=O)N(CCCOC(C)C)C2c2ccc(O)cc2)cc1C(C)(C)C. The van der Waals surface area contributed by atoms with Crippen LogP contribution in [-0.4, -0.2) is 53.2 Å². The molecule has 2 aromatic rings. The van der Waals surface area contributed by atoms with Gasteiger partial charge in [-0.15, -0.1) is 0 Å². The fraction of sp³-hybridized carbons (Fsp3) is 0.429. The van der Waals surface area contributed by atoms with Gasteiger partial charge in [-0.2, -0.15) is 0 Å². The summed E-state index contributed by atoms with van der Waals surface area (Å²) in [6.45, 7) is 10.7. The van der Waals surface area contributed by atoms with Gasteiger partial charge in [-0.05, 0) is 61.6 Å². The van der Waals surface area contributed by atoms with Crippen molar-refractivity contribution in [2.75, 3.05) is 20.3 Å². The molecule has 0 saturated carbocycles. The van der Waals surface area contributed by atoms with Crippen molar-refractivity contribution in [1.29, 1.82) is 0 Å². The molecular formula is C28H35NO6. The van der Waals surface area contributed by atoms with E-state index in [1.54, 1.807) is 37.4 Å². The zero-order valence-electron chi connectivity index (χ0n) is 21.3. The molecule has 1 unspecified atom stereocenters. The Hall–Kier alpha value is -3.32. The van der Waals surface area contributed by atoms with E-state index in [9.17, 15) is 19.8 Å². The van der Waals surface area contributed by atoms with Gasteiger partial charge in [-0.25, -0.2) is 0 Å². The van der Waals surface area contributed by atoms with Gasteiger partial charge in [0.15, 0.2) is 0 Å². The van der Waals surface area contributed by atoms with Crippen LogP contribution in [0.2, 0.25) is 0 Å². The lowest BCUT2D eigenvalue weighted by atomic mass is 9.84. The minimum Gasteiger partial charge on any atom is -0.508 e. The quantitative estimate of drug-likeness (QED) is 0.240. The molecular weight excluding hydrogens is 446 g/mol. The average molecular weight is 482 g/mol.